The summed E-state index contributed by atoms with van der Waals surface area (Å²) in [7, 11) is 0. The van der Waals surface area contributed by atoms with Gasteiger partial charge in [0.1, 0.15) is 0 Å². The zero-order valence-electron chi connectivity index (χ0n) is 10.0. The molecule has 1 aromatic heterocycles. The minimum absolute atomic E-state index is 0.210. The van der Waals surface area contributed by atoms with Gasteiger partial charge >= 0.3 is 0 Å². The van der Waals surface area contributed by atoms with Crippen LogP contribution < -0.4 is 0 Å². The summed E-state index contributed by atoms with van der Waals surface area (Å²) in [6, 6.07) is 1.99. The van der Waals surface area contributed by atoms with E-state index in [0.29, 0.717) is 6.42 Å². The fourth-order valence-corrected chi connectivity index (χ4v) is 2.66. The lowest BCUT2D eigenvalue weighted by Crippen LogP contribution is -2.32. The molecule has 17 heavy (non-hydrogen) atoms. The molecule has 0 aromatic carbocycles. The fraction of sp³-hybridized carbons (Fsp3) is 0.462. The van der Waals surface area contributed by atoms with Crippen LogP contribution in [0.15, 0.2) is 23.7 Å². The minimum atomic E-state index is 0.210. The number of ether oxygens (including phenoxy) is 1. The van der Waals surface area contributed by atoms with Crippen molar-refractivity contribution in [2.45, 2.75) is 13.3 Å². The van der Waals surface area contributed by atoms with Gasteiger partial charge in [0.05, 0.1) is 18.1 Å². The van der Waals surface area contributed by atoms with Gasteiger partial charge in [-0.15, -0.1) is 11.3 Å². The van der Waals surface area contributed by atoms with E-state index < -0.39 is 0 Å². The highest BCUT2D eigenvalue weighted by Crippen LogP contribution is 2.17. The smallest absolute Gasteiger partial charge is 0.176 e. The predicted octanol–water partition coefficient (Wildman–Crippen LogP) is 2.48. The van der Waals surface area contributed by atoms with Gasteiger partial charge in [-0.25, -0.2) is 0 Å². The van der Waals surface area contributed by atoms with Crippen molar-refractivity contribution in [3.05, 3.63) is 34.2 Å². The van der Waals surface area contributed by atoms with Crippen LogP contribution in [-0.2, 0) is 4.74 Å². The third-order valence-corrected chi connectivity index (χ3v) is 3.84. The van der Waals surface area contributed by atoms with Crippen molar-refractivity contribution in [2.24, 2.45) is 0 Å². The Morgan fingerprint density at radius 1 is 1.53 bits per heavy atom. The molecule has 1 aliphatic rings. The number of hydrogen-bond donors (Lipinski definition) is 0. The molecule has 1 aromatic rings. The number of hydrogen-bond acceptors (Lipinski definition) is 4. The van der Waals surface area contributed by atoms with Gasteiger partial charge in [0.2, 0.25) is 0 Å². The molecule has 3 nitrogen and oxygen atoms in total. The Morgan fingerprint density at radius 3 is 2.94 bits per heavy atom. The van der Waals surface area contributed by atoms with E-state index in [1.165, 1.54) is 11.3 Å². The number of allylic oxidation sites excluding steroid dienone is 1. The van der Waals surface area contributed by atoms with Gasteiger partial charge in [-0.3, -0.25) is 4.79 Å². The van der Waals surface area contributed by atoms with Crippen LogP contribution in [0.25, 0.3) is 0 Å². The third-order valence-electron chi connectivity index (χ3n) is 2.78. The first-order valence-electron chi connectivity index (χ1n) is 5.83. The quantitative estimate of drug-likeness (QED) is 0.770. The summed E-state index contributed by atoms with van der Waals surface area (Å²) < 4.78 is 5.26. The van der Waals surface area contributed by atoms with Crippen molar-refractivity contribution in [3.8, 4) is 0 Å². The van der Waals surface area contributed by atoms with Crippen molar-refractivity contribution in [1.29, 1.82) is 0 Å². The van der Waals surface area contributed by atoms with E-state index in [4.69, 9.17) is 4.74 Å². The predicted molar refractivity (Wildman–Crippen MR) is 69.5 cm³/mol. The molecule has 2 rings (SSSR count). The topological polar surface area (TPSA) is 29.5 Å². The molecule has 0 unspecified atom stereocenters. The molecule has 0 saturated carbocycles. The van der Waals surface area contributed by atoms with Crippen molar-refractivity contribution < 1.29 is 9.53 Å². The summed E-state index contributed by atoms with van der Waals surface area (Å²) in [5.74, 6) is 0.210. The van der Waals surface area contributed by atoms with Crippen LogP contribution in [0.5, 0.6) is 0 Å². The SMILES string of the molecule is Cc1ccsc1C(=O)CC=CN1CCOCC1. The third kappa shape index (κ3) is 3.41. The van der Waals surface area contributed by atoms with Gasteiger partial charge in [-0.2, -0.15) is 0 Å². The van der Waals surface area contributed by atoms with Crippen LogP contribution in [0.1, 0.15) is 21.7 Å². The lowest BCUT2D eigenvalue weighted by molar-refractivity contribution is 0.0592. The number of thiophene rings is 1. The normalized spacial score (nSPS) is 16.6. The zero-order valence-corrected chi connectivity index (χ0v) is 10.8. The summed E-state index contributed by atoms with van der Waals surface area (Å²) in [5, 5.41) is 1.97. The van der Waals surface area contributed by atoms with Gasteiger partial charge in [-0.1, -0.05) is 6.08 Å². The molecule has 0 aliphatic carbocycles. The van der Waals surface area contributed by atoms with Crippen molar-refractivity contribution in [1.82, 2.24) is 4.90 Å². The Bertz CT molecular complexity index is 405. The Hall–Kier alpha value is -1.13. The van der Waals surface area contributed by atoms with E-state index in [1.54, 1.807) is 0 Å². The maximum absolute atomic E-state index is 11.9. The Labute approximate surface area is 106 Å². The number of morpholine rings is 1. The number of Topliss-reactive ketones (excluding diaryl/α,β-unsaturated/α-hetero) is 1. The van der Waals surface area contributed by atoms with Gasteiger partial charge in [-0.05, 0) is 30.1 Å². The highest BCUT2D eigenvalue weighted by molar-refractivity contribution is 7.12. The van der Waals surface area contributed by atoms with Crippen LogP contribution in [0.2, 0.25) is 0 Å². The molecule has 0 spiro atoms. The van der Waals surface area contributed by atoms with E-state index in [-0.39, 0.29) is 5.78 Å². The standard InChI is InChI=1S/C13H17NO2S/c1-11-4-10-17-13(11)12(15)3-2-5-14-6-8-16-9-7-14/h2,4-5,10H,3,6-9H2,1H3. The molecule has 0 amide bonds. The lowest BCUT2D eigenvalue weighted by Gasteiger charge is -2.24. The van der Waals surface area contributed by atoms with Crippen LogP contribution in [0.4, 0.5) is 0 Å². The number of nitrogens with zero attached hydrogens (tertiary/aromatic N) is 1. The molecule has 4 heteroatoms. The lowest BCUT2D eigenvalue weighted by atomic mass is 10.2. The summed E-state index contributed by atoms with van der Waals surface area (Å²) in [5.41, 5.74) is 1.08. The van der Waals surface area contributed by atoms with Gasteiger partial charge < -0.3 is 9.64 Å². The average molecular weight is 251 g/mol. The molecule has 1 saturated heterocycles. The van der Waals surface area contributed by atoms with Crippen LogP contribution in [0, 0.1) is 6.92 Å². The second kappa shape index (κ2) is 5.98. The number of aryl methyl sites for hydroxylation is 1. The monoisotopic (exact) mass is 251 g/mol. The summed E-state index contributed by atoms with van der Waals surface area (Å²) in [4.78, 5) is 15.0. The summed E-state index contributed by atoms with van der Waals surface area (Å²) >= 11 is 1.53. The first-order valence-corrected chi connectivity index (χ1v) is 6.71. The van der Waals surface area contributed by atoms with Crippen molar-refractivity contribution in [2.75, 3.05) is 26.3 Å². The highest BCUT2D eigenvalue weighted by atomic mass is 32.1. The average Bonchev–Trinajstić information content (AvgIpc) is 2.77. The Kier molecular flexibility index (Phi) is 4.34. The Morgan fingerprint density at radius 2 is 2.29 bits per heavy atom. The molecule has 0 N–H and O–H groups in total. The summed E-state index contributed by atoms with van der Waals surface area (Å²) in [6.07, 6.45) is 4.45. The fourth-order valence-electron chi connectivity index (χ4n) is 1.79. The van der Waals surface area contributed by atoms with E-state index in [0.717, 1.165) is 36.7 Å². The second-order valence-electron chi connectivity index (χ2n) is 4.09. The largest absolute Gasteiger partial charge is 0.378 e. The van der Waals surface area contributed by atoms with Crippen molar-refractivity contribution >= 4 is 17.1 Å². The molecule has 92 valence electrons. The highest BCUT2D eigenvalue weighted by Gasteiger charge is 2.09. The zero-order chi connectivity index (χ0) is 12.1. The minimum Gasteiger partial charge on any atom is -0.378 e. The second-order valence-corrected chi connectivity index (χ2v) is 5.01. The van der Waals surface area contributed by atoms with E-state index in [1.807, 2.05) is 30.6 Å². The van der Waals surface area contributed by atoms with Crippen molar-refractivity contribution in [3.63, 3.8) is 0 Å². The van der Waals surface area contributed by atoms with Gasteiger partial charge in [0, 0.05) is 19.5 Å². The Balaban J connectivity index is 1.83. The molecular weight excluding hydrogens is 234 g/mol. The van der Waals surface area contributed by atoms with Gasteiger partial charge in [0.25, 0.3) is 0 Å². The maximum atomic E-state index is 11.9. The summed E-state index contributed by atoms with van der Waals surface area (Å²) in [6.45, 7) is 5.38. The van der Waals surface area contributed by atoms with Crippen LogP contribution in [-0.4, -0.2) is 37.0 Å². The number of carbonyl (C=O) groups excluding carboxylic acids is 1. The molecule has 0 atom stereocenters. The van der Waals surface area contributed by atoms with E-state index >= 15 is 0 Å². The molecule has 0 radical (unpaired) electrons. The maximum Gasteiger partial charge on any atom is 0.176 e. The van der Waals surface area contributed by atoms with E-state index in [2.05, 4.69) is 4.90 Å². The molecule has 0 bridgehead atoms. The van der Waals surface area contributed by atoms with Crippen LogP contribution in [0.3, 0.4) is 0 Å². The van der Waals surface area contributed by atoms with E-state index in [9.17, 15) is 4.79 Å². The molecule has 1 fully saturated rings. The number of ketones is 1. The number of carbonyl (C=O) groups is 1. The molecular formula is C13H17NO2S. The molecule has 1 aliphatic heterocycles. The first kappa shape index (κ1) is 12.3. The molecule has 2 heterocycles. The number of rotatable bonds is 4. The van der Waals surface area contributed by atoms with Crippen LogP contribution >= 0.6 is 11.3 Å². The first-order chi connectivity index (χ1) is 8.27. The van der Waals surface area contributed by atoms with Gasteiger partial charge in [0.15, 0.2) is 5.78 Å².